The van der Waals surface area contributed by atoms with Gasteiger partial charge in [0.05, 0.1) is 0 Å². The van der Waals surface area contributed by atoms with Gasteiger partial charge in [-0.2, -0.15) is 0 Å². The number of hydrogen-bond acceptors (Lipinski definition) is 2. The Kier molecular flexibility index (Phi) is 4.52. The molecule has 0 spiro atoms. The van der Waals surface area contributed by atoms with E-state index in [1.54, 1.807) is 0 Å². The second kappa shape index (κ2) is 5.94. The van der Waals surface area contributed by atoms with E-state index in [-0.39, 0.29) is 5.54 Å². The number of nitrogens with zero attached hydrogens (tertiary/aromatic N) is 1. The minimum Gasteiger partial charge on any atom is -0.370 e. The Bertz CT molecular complexity index is 388. The van der Waals surface area contributed by atoms with Crippen molar-refractivity contribution in [2.24, 2.45) is 0 Å². The standard InChI is InChI=1S/C15H23ClN2/c1-3-15(4-2)12-18(10-6-9-17-15)14-8-5-7-13(16)11-14/h5,7-8,11,17H,3-4,6,9-10,12H2,1-2H3. The Labute approximate surface area is 115 Å². The van der Waals surface area contributed by atoms with Crippen LogP contribution in [0.3, 0.4) is 0 Å². The van der Waals surface area contributed by atoms with E-state index in [1.165, 1.54) is 24.9 Å². The molecule has 0 aliphatic carbocycles. The minimum atomic E-state index is 0.249. The third kappa shape index (κ3) is 2.99. The van der Waals surface area contributed by atoms with Crippen LogP contribution in [0.2, 0.25) is 5.02 Å². The predicted molar refractivity (Wildman–Crippen MR) is 79.6 cm³/mol. The molecule has 0 bridgehead atoms. The van der Waals surface area contributed by atoms with Gasteiger partial charge in [-0.1, -0.05) is 31.5 Å². The summed E-state index contributed by atoms with van der Waals surface area (Å²) in [6.45, 7) is 7.84. The van der Waals surface area contributed by atoms with Crippen molar-refractivity contribution in [2.75, 3.05) is 24.5 Å². The van der Waals surface area contributed by atoms with Crippen LogP contribution in [0.4, 0.5) is 5.69 Å². The largest absolute Gasteiger partial charge is 0.370 e. The van der Waals surface area contributed by atoms with Crippen molar-refractivity contribution < 1.29 is 0 Å². The summed E-state index contributed by atoms with van der Waals surface area (Å²) < 4.78 is 0. The quantitative estimate of drug-likeness (QED) is 0.898. The highest BCUT2D eigenvalue weighted by Crippen LogP contribution is 2.26. The average molecular weight is 267 g/mol. The molecule has 1 saturated heterocycles. The van der Waals surface area contributed by atoms with Gasteiger partial charge in [0.15, 0.2) is 0 Å². The summed E-state index contributed by atoms with van der Waals surface area (Å²) >= 11 is 6.10. The van der Waals surface area contributed by atoms with Crippen LogP contribution in [0.5, 0.6) is 0 Å². The van der Waals surface area contributed by atoms with Gasteiger partial charge in [-0.3, -0.25) is 0 Å². The summed E-state index contributed by atoms with van der Waals surface area (Å²) in [6, 6.07) is 8.21. The summed E-state index contributed by atoms with van der Waals surface area (Å²) in [5.74, 6) is 0. The molecular formula is C15H23ClN2. The Hall–Kier alpha value is -0.730. The van der Waals surface area contributed by atoms with Crippen LogP contribution in [0.1, 0.15) is 33.1 Å². The van der Waals surface area contributed by atoms with Crippen LogP contribution in [0, 0.1) is 0 Å². The summed E-state index contributed by atoms with van der Waals surface area (Å²) in [5, 5.41) is 4.56. The van der Waals surface area contributed by atoms with Crippen molar-refractivity contribution in [1.82, 2.24) is 5.32 Å². The molecule has 0 radical (unpaired) electrons. The molecule has 18 heavy (non-hydrogen) atoms. The number of rotatable bonds is 3. The van der Waals surface area contributed by atoms with Gasteiger partial charge in [0.2, 0.25) is 0 Å². The van der Waals surface area contributed by atoms with Gasteiger partial charge in [-0.25, -0.2) is 0 Å². The Morgan fingerprint density at radius 1 is 1.33 bits per heavy atom. The summed E-state index contributed by atoms with van der Waals surface area (Å²) in [4.78, 5) is 2.47. The molecule has 3 heteroatoms. The molecule has 2 rings (SSSR count). The zero-order valence-corrected chi connectivity index (χ0v) is 12.1. The van der Waals surface area contributed by atoms with Gasteiger partial charge in [-0.05, 0) is 44.0 Å². The summed E-state index contributed by atoms with van der Waals surface area (Å²) in [7, 11) is 0. The van der Waals surface area contributed by atoms with Crippen molar-refractivity contribution >= 4 is 17.3 Å². The zero-order chi connectivity index (χ0) is 13.0. The molecule has 1 aromatic rings. The number of anilines is 1. The summed E-state index contributed by atoms with van der Waals surface area (Å²) in [5.41, 5.74) is 1.50. The third-order valence-corrected chi connectivity index (χ3v) is 4.36. The highest BCUT2D eigenvalue weighted by Gasteiger charge is 2.30. The molecule has 0 atom stereocenters. The number of benzene rings is 1. The maximum Gasteiger partial charge on any atom is 0.0426 e. The number of halogens is 1. The lowest BCUT2D eigenvalue weighted by Gasteiger charge is -2.36. The predicted octanol–water partition coefficient (Wildman–Crippen LogP) is 3.70. The van der Waals surface area contributed by atoms with E-state index >= 15 is 0 Å². The van der Waals surface area contributed by atoms with Crippen molar-refractivity contribution in [3.05, 3.63) is 29.3 Å². The second-order valence-corrected chi connectivity index (χ2v) is 5.61. The first-order chi connectivity index (χ1) is 8.69. The molecule has 1 fully saturated rings. The lowest BCUT2D eigenvalue weighted by molar-refractivity contribution is 0.321. The second-order valence-electron chi connectivity index (χ2n) is 5.17. The molecule has 0 aromatic heterocycles. The monoisotopic (exact) mass is 266 g/mol. The van der Waals surface area contributed by atoms with Crippen molar-refractivity contribution in [3.63, 3.8) is 0 Å². The molecular weight excluding hydrogens is 244 g/mol. The molecule has 0 unspecified atom stereocenters. The molecule has 1 aliphatic heterocycles. The van der Waals surface area contributed by atoms with Crippen LogP contribution >= 0.6 is 11.6 Å². The zero-order valence-electron chi connectivity index (χ0n) is 11.4. The van der Waals surface area contributed by atoms with Gasteiger partial charge in [-0.15, -0.1) is 0 Å². The molecule has 1 N–H and O–H groups in total. The van der Waals surface area contributed by atoms with E-state index in [1.807, 2.05) is 12.1 Å². The van der Waals surface area contributed by atoms with Crippen LogP contribution in [0.25, 0.3) is 0 Å². The van der Waals surface area contributed by atoms with Crippen molar-refractivity contribution in [3.8, 4) is 0 Å². The average Bonchev–Trinajstić information content (AvgIpc) is 2.62. The maximum atomic E-state index is 6.10. The van der Waals surface area contributed by atoms with Gasteiger partial charge in [0.1, 0.15) is 0 Å². The fraction of sp³-hybridized carbons (Fsp3) is 0.600. The number of hydrogen-bond donors (Lipinski definition) is 1. The molecule has 1 heterocycles. The van der Waals surface area contributed by atoms with E-state index in [9.17, 15) is 0 Å². The highest BCUT2D eigenvalue weighted by atomic mass is 35.5. The smallest absolute Gasteiger partial charge is 0.0426 e. The van der Waals surface area contributed by atoms with Crippen LogP contribution < -0.4 is 10.2 Å². The van der Waals surface area contributed by atoms with Crippen molar-refractivity contribution in [2.45, 2.75) is 38.6 Å². The normalized spacial score (nSPS) is 19.6. The Morgan fingerprint density at radius 3 is 2.78 bits per heavy atom. The fourth-order valence-electron chi connectivity index (χ4n) is 2.74. The molecule has 1 aromatic carbocycles. The van der Waals surface area contributed by atoms with E-state index < -0.39 is 0 Å². The van der Waals surface area contributed by atoms with E-state index in [0.717, 1.165) is 24.7 Å². The van der Waals surface area contributed by atoms with E-state index in [4.69, 9.17) is 11.6 Å². The first-order valence-corrected chi connectivity index (χ1v) is 7.32. The van der Waals surface area contributed by atoms with Crippen LogP contribution in [0.15, 0.2) is 24.3 Å². The Morgan fingerprint density at radius 2 is 2.11 bits per heavy atom. The SMILES string of the molecule is CCC1(CC)CN(c2cccc(Cl)c2)CCCN1. The third-order valence-electron chi connectivity index (χ3n) is 4.13. The van der Waals surface area contributed by atoms with E-state index in [2.05, 4.69) is 36.2 Å². The fourth-order valence-corrected chi connectivity index (χ4v) is 2.93. The highest BCUT2D eigenvalue weighted by molar-refractivity contribution is 6.30. The van der Waals surface area contributed by atoms with Crippen LogP contribution in [-0.4, -0.2) is 25.2 Å². The molecule has 0 saturated carbocycles. The van der Waals surface area contributed by atoms with Gasteiger partial charge in [0.25, 0.3) is 0 Å². The molecule has 1 aliphatic rings. The molecule has 100 valence electrons. The molecule has 0 amide bonds. The molecule has 2 nitrogen and oxygen atoms in total. The van der Waals surface area contributed by atoms with Crippen molar-refractivity contribution in [1.29, 1.82) is 0 Å². The van der Waals surface area contributed by atoms with Gasteiger partial charge < -0.3 is 10.2 Å². The van der Waals surface area contributed by atoms with Crippen LogP contribution in [-0.2, 0) is 0 Å². The lowest BCUT2D eigenvalue weighted by Crippen LogP contribution is -2.50. The maximum absolute atomic E-state index is 6.10. The lowest BCUT2D eigenvalue weighted by atomic mass is 9.92. The van der Waals surface area contributed by atoms with Gasteiger partial charge in [0, 0.05) is 29.3 Å². The topological polar surface area (TPSA) is 15.3 Å². The summed E-state index contributed by atoms with van der Waals surface area (Å²) in [6.07, 6.45) is 3.52. The van der Waals surface area contributed by atoms with E-state index in [0.29, 0.717) is 0 Å². The Balaban J connectivity index is 2.21. The minimum absolute atomic E-state index is 0.249. The number of nitrogens with one attached hydrogen (secondary N) is 1. The first-order valence-electron chi connectivity index (χ1n) is 6.94. The first kappa shape index (κ1) is 13.7. The van der Waals surface area contributed by atoms with Gasteiger partial charge >= 0.3 is 0 Å².